The molecule has 0 bridgehead atoms. The Kier molecular flexibility index (Phi) is 8.66. The number of esters is 1. The number of carbonyl (C=O) groups excluding carboxylic acids is 2. The van der Waals surface area contributed by atoms with Crippen LogP contribution in [0.4, 0.5) is 0 Å². The summed E-state index contributed by atoms with van der Waals surface area (Å²) in [6, 6.07) is 14.2. The summed E-state index contributed by atoms with van der Waals surface area (Å²) in [6.45, 7) is 3.77. The lowest BCUT2D eigenvalue weighted by Gasteiger charge is -2.16. The van der Waals surface area contributed by atoms with Gasteiger partial charge in [-0.3, -0.25) is 4.79 Å². The van der Waals surface area contributed by atoms with Crippen LogP contribution in [0.25, 0.3) is 21.5 Å². The summed E-state index contributed by atoms with van der Waals surface area (Å²) in [6.07, 6.45) is 8.06. The largest absolute Gasteiger partial charge is 0.495 e. The van der Waals surface area contributed by atoms with Gasteiger partial charge in [-0.15, -0.1) is 0 Å². The van der Waals surface area contributed by atoms with Gasteiger partial charge in [0, 0.05) is 34.4 Å². The third kappa shape index (κ3) is 5.87. The molecule has 4 nitrogen and oxygen atoms in total. The number of ketones is 1. The number of ether oxygens (including phenoxy) is 2. The second-order valence-electron chi connectivity index (χ2n) is 8.44. The highest BCUT2D eigenvalue weighted by Crippen LogP contribution is 2.43. The minimum Gasteiger partial charge on any atom is -0.495 e. The van der Waals surface area contributed by atoms with Gasteiger partial charge in [0.1, 0.15) is 17.3 Å². The monoisotopic (exact) mass is 434 g/mol. The number of methoxy groups -OCH3 is 1. The summed E-state index contributed by atoms with van der Waals surface area (Å²) in [7, 11) is 1.69. The highest BCUT2D eigenvalue weighted by molar-refractivity contribution is 6.12. The summed E-state index contributed by atoms with van der Waals surface area (Å²) < 4.78 is 11.7. The van der Waals surface area contributed by atoms with Crippen molar-refractivity contribution in [1.82, 2.24) is 0 Å². The number of rotatable bonds is 12. The van der Waals surface area contributed by atoms with Gasteiger partial charge in [-0.1, -0.05) is 69.0 Å². The van der Waals surface area contributed by atoms with E-state index in [-0.39, 0.29) is 11.8 Å². The van der Waals surface area contributed by atoms with E-state index in [1.54, 1.807) is 14.0 Å². The van der Waals surface area contributed by atoms with E-state index in [4.69, 9.17) is 9.47 Å². The van der Waals surface area contributed by atoms with Crippen LogP contribution in [-0.2, 0) is 16.0 Å². The molecule has 0 radical (unpaired) electrons. The Morgan fingerprint density at radius 2 is 1.34 bits per heavy atom. The summed E-state index contributed by atoms with van der Waals surface area (Å²) in [4.78, 5) is 23.7. The number of unbranched alkanes of at least 4 members (excludes halogenated alkanes) is 5. The first-order chi connectivity index (χ1) is 15.5. The molecule has 170 valence electrons. The van der Waals surface area contributed by atoms with E-state index in [9.17, 15) is 9.59 Å². The van der Waals surface area contributed by atoms with Crippen LogP contribution in [0.5, 0.6) is 11.5 Å². The van der Waals surface area contributed by atoms with E-state index in [1.165, 1.54) is 5.56 Å². The normalized spacial score (nSPS) is 11.1. The van der Waals surface area contributed by atoms with Gasteiger partial charge in [0.05, 0.1) is 7.11 Å². The van der Waals surface area contributed by atoms with Crippen molar-refractivity contribution in [3.63, 3.8) is 0 Å². The highest BCUT2D eigenvalue weighted by Gasteiger charge is 2.18. The summed E-state index contributed by atoms with van der Waals surface area (Å²) >= 11 is 0. The molecule has 0 atom stereocenters. The van der Waals surface area contributed by atoms with Gasteiger partial charge < -0.3 is 14.3 Å². The highest BCUT2D eigenvalue weighted by atomic mass is 16.5. The molecule has 3 aromatic rings. The Hall–Kier alpha value is -2.88. The maximum atomic E-state index is 12.7. The molecule has 0 aliphatic heterocycles. The van der Waals surface area contributed by atoms with E-state index in [0.29, 0.717) is 18.6 Å². The van der Waals surface area contributed by atoms with Crippen LogP contribution in [-0.4, -0.2) is 18.9 Å². The lowest BCUT2D eigenvalue weighted by molar-refractivity contribution is -0.134. The molecule has 32 heavy (non-hydrogen) atoms. The average molecular weight is 435 g/mol. The van der Waals surface area contributed by atoms with Crippen LogP contribution in [0.2, 0.25) is 0 Å². The smallest absolute Gasteiger partial charge is 0.311 e. The SMILES string of the molecule is CCc1ccc2c(OC(=O)CCCCCCCCC(C)=O)c3ccccc3c(OC)c2c1. The lowest BCUT2D eigenvalue weighted by atomic mass is 9.98. The number of fused-ring (bicyclic) bond motifs is 2. The summed E-state index contributed by atoms with van der Waals surface area (Å²) in [5, 5.41) is 3.71. The first kappa shape index (κ1) is 23.8. The number of carbonyl (C=O) groups is 2. The molecular weight excluding hydrogens is 400 g/mol. The van der Waals surface area contributed by atoms with Gasteiger partial charge >= 0.3 is 5.97 Å². The topological polar surface area (TPSA) is 52.6 Å². The maximum absolute atomic E-state index is 12.7. The van der Waals surface area contributed by atoms with Crippen molar-refractivity contribution in [2.24, 2.45) is 0 Å². The van der Waals surface area contributed by atoms with Crippen molar-refractivity contribution < 1.29 is 19.1 Å². The van der Waals surface area contributed by atoms with Crippen LogP contribution in [0.3, 0.4) is 0 Å². The zero-order valence-corrected chi connectivity index (χ0v) is 19.5. The van der Waals surface area contributed by atoms with Gasteiger partial charge in [-0.25, -0.2) is 0 Å². The van der Waals surface area contributed by atoms with E-state index < -0.39 is 0 Å². The van der Waals surface area contributed by atoms with E-state index in [1.807, 2.05) is 30.3 Å². The predicted octanol–water partition coefficient (Wildman–Crippen LogP) is 7.18. The molecule has 0 unspecified atom stereocenters. The lowest BCUT2D eigenvalue weighted by Crippen LogP contribution is -2.08. The number of benzene rings is 3. The predicted molar refractivity (Wildman–Crippen MR) is 131 cm³/mol. The van der Waals surface area contributed by atoms with Crippen LogP contribution >= 0.6 is 0 Å². The second kappa shape index (κ2) is 11.7. The fourth-order valence-corrected chi connectivity index (χ4v) is 4.21. The van der Waals surface area contributed by atoms with Crippen molar-refractivity contribution in [3.8, 4) is 11.5 Å². The van der Waals surface area contributed by atoms with Crippen molar-refractivity contribution in [2.45, 2.75) is 71.6 Å². The molecule has 3 rings (SSSR count). The zero-order chi connectivity index (χ0) is 22.9. The molecule has 0 saturated carbocycles. The molecule has 4 heteroatoms. The summed E-state index contributed by atoms with van der Waals surface area (Å²) in [5.74, 6) is 1.50. The minimum absolute atomic E-state index is 0.197. The minimum atomic E-state index is -0.197. The van der Waals surface area contributed by atoms with E-state index >= 15 is 0 Å². The fraction of sp³-hybridized carbons (Fsp3) is 0.429. The number of aryl methyl sites for hydroxylation is 1. The first-order valence-corrected chi connectivity index (χ1v) is 11.8. The molecule has 3 aromatic carbocycles. The van der Waals surface area contributed by atoms with E-state index in [2.05, 4.69) is 19.1 Å². The van der Waals surface area contributed by atoms with Gasteiger partial charge in [-0.05, 0) is 37.8 Å². The molecule has 0 aliphatic rings. The Bertz CT molecular complexity index is 1080. The van der Waals surface area contributed by atoms with Gasteiger partial charge in [0.2, 0.25) is 0 Å². The Morgan fingerprint density at radius 1 is 0.750 bits per heavy atom. The van der Waals surface area contributed by atoms with Crippen LogP contribution in [0, 0.1) is 0 Å². The third-order valence-electron chi connectivity index (χ3n) is 5.98. The first-order valence-electron chi connectivity index (χ1n) is 11.8. The maximum Gasteiger partial charge on any atom is 0.311 e. The zero-order valence-electron chi connectivity index (χ0n) is 19.5. The molecule has 0 heterocycles. The average Bonchev–Trinajstić information content (AvgIpc) is 2.80. The van der Waals surface area contributed by atoms with Gasteiger partial charge in [0.15, 0.2) is 0 Å². The quantitative estimate of drug-likeness (QED) is 0.131. The van der Waals surface area contributed by atoms with Crippen LogP contribution in [0.1, 0.15) is 70.8 Å². The van der Waals surface area contributed by atoms with Crippen LogP contribution in [0.15, 0.2) is 42.5 Å². The molecule has 0 fully saturated rings. The number of Topliss-reactive ketones (excluding diaryl/α,β-unsaturated/α-hetero) is 1. The summed E-state index contributed by atoms with van der Waals surface area (Å²) in [5.41, 5.74) is 1.21. The molecule has 0 amide bonds. The van der Waals surface area contributed by atoms with Crippen molar-refractivity contribution in [2.75, 3.05) is 7.11 Å². The molecule has 0 aromatic heterocycles. The Morgan fingerprint density at radius 3 is 1.97 bits per heavy atom. The van der Waals surface area contributed by atoms with Crippen LogP contribution < -0.4 is 9.47 Å². The van der Waals surface area contributed by atoms with Gasteiger partial charge in [-0.2, -0.15) is 0 Å². The number of hydrogen-bond acceptors (Lipinski definition) is 4. The van der Waals surface area contributed by atoms with E-state index in [0.717, 1.165) is 72.2 Å². The second-order valence-corrected chi connectivity index (χ2v) is 8.44. The van der Waals surface area contributed by atoms with Crippen molar-refractivity contribution >= 4 is 33.3 Å². The molecule has 0 aliphatic carbocycles. The Labute approximate surface area is 190 Å². The molecular formula is C28H34O4. The Balaban J connectivity index is 1.71. The third-order valence-corrected chi connectivity index (χ3v) is 5.98. The standard InChI is InChI=1S/C28H34O4/c1-4-21-17-18-24-25(19-21)27(31-3)22-14-11-12-15-23(22)28(24)32-26(30)16-10-8-6-5-7-9-13-20(2)29/h11-12,14-15,17-19H,4-10,13,16H2,1-3H3. The fourth-order valence-electron chi connectivity index (χ4n) is 4.21. The van der Waals surface area contributed by atoms with Gasteiger partial charge in [0.25, 0.3) is 0 Å². The van der Waals surface area contributed by atoms with Crippen molar-refractivity contribution in [1.29, 1.82) is 0 Å². The molecule has 0 saturated heterocycles. The molecule has 0 spiro atoms. The van der Waals surface area contributed by atoms with Crippen molar-refractivity contribution in [3.05, 3.63) is 48.0 Å². The molecule has 0 N–H and O–H groups in total. The number of hydrogen-bond donors (Lipinski definition) is 0.